The van der Waals surface area contributed by atoms with Gasteiger partial charge in [0.2, 0.25) is 0 Å². The van der Waals surface area contributed by atoms with Crippen LogP contribution < -0.4 is 10.4 Å². The predicted molar refractivity (Wildman–Crippen MR) is 108 cm³/mol. The quantitative estimate of drug-likeness (QED) is 0.583. The number of aromatic amines is 1. The maximum atomic E-state index is 10.3. The minimum absolute atomic E-state index is 0.155. The average molecular weight is 365 g/mol. The van der Waals surface area contributed by atoms with E-state index in [0.717, 1.165) is 44.0 Å². The molecule has 5 rings (SSSR count). The van der Waals surface area contributed by atoms with Gasteiger partial charge in [-0.1, -0.05) is 24.3 Å². The van der Waals surface area contributed by atoms with E-state index in [1.165, 1.54) is 0 Å². The molecule has 28 heavy (non-hydrogen) atoms. The number of H-pyrrole nitrogens is 1. The summed E-state index contributed by atoms with van der Waals surface area (Å²) in [4.78, 5) is 11.3. The minimum atomic E-state index is 0.155. The molecule has 0 aliphatic carbocycles. The Kier molecular flexibility index (Phi) is 3.80. The van der Waals surface area contributed by atoms with E-state index in [0.29, 0.717) is 0 Å². The summed E-state index contributed by atoms with van der Waals surface area (Å²) >= 11 is 0. The highest BCUT2D eigenvalue weighted by molar-refractivity contribution is 5.91. The van der Waals surface area contributed by atoms with Crippen molar-refractivity contribution in [3.05, 3.63) is 88.8 Å². The first-order valence-corrected chi connectivity index (χ1v) is 8.79. The Morgan fingerprint density at radius 1 is 0.964 bits per heavy atom. The first-order valence-electron chi connectivity index (χ1n) is 8.79. The largest absolute Gasteiger partial charge is 0.494 e. The van der Waals surface area contributed by atoms with Crippen molar-refractivity contribution < 1.29 is 5.11 Å². The van der Waals surface area contributed by atoms with Gasteiger partial charge in [-0.2, -0.15) is 0 Å². The minimum Gasteiger partial charge on any atom is -0.494 e. The average Bonchev–Trinajstić information content (AvgIpc) is 3.28. The molecule has 2 aromatic heterocycles. The van der Waals surface area contributed by atoms with Gasteiger partial charge in [0.1, 0.15) is 0 Å². The summed E-state index contributed by atoms with van der Waals surface area (Å²) in [6.45, 7) is 0. The molecular formula is C22H15N5O. The van der Waals surface area contributed by atoms with Crippen LogP contribution in [-0.4, -0.2) is 20.1 Å². The second-order valence-corrected chi connectivity index (χ2v) is 6.40. The molecule has 6 heteroatoms. The number of rotatable bonds is 3. The third kappa shape index (κ3) is 2.87. The zero-order valence-electron chi connectivity index (χ0n) is 14.7. The molecule has 2 N–H and O–H groups in total. The lowest BCUT2D eigenvalue weighted by Crippen LogP contribution is -2.08. The summed E-state index contributed by atoms with van der Waals surface area (Å²) in [5.41, 5.74) is 4.00. The van der Waals surface area contributed by atoms with Crippen LogP contribution in [0.1, 0.15) is 11.3 Å². The number of fused-ring (bicyclic) bond motifs is 2. The van der Waals surface area contributed by atoms with Gasteiger partial charge >= 0.3 is 0 Å². The van der Waals surface area contributed by atoms with Gasteiger partial charge in [-0.15, -0.1) is 10.2 Å². The van der Waals surface area contributed by atoms with Crippen LogP contribution in [0.15, 0.2) is 77.4 Å². The van der Waals surface area contributed by atoms with E-state index in [1.807, 2.05) is 60.7 Å². The Labute approximate surface area is 160 Å². The number of para-hydroxylation sites is 1. The number of hydrogen-bond acceptors (Lipinski definition) is 5. The van der Waals surface area contributed by atoms with Crippen molar-refractivity contribution >= 4 is 34.4 Å². The maximum Gasteiger partial charge on any atom is 0.196 e. The molecule has 0 amide bonds. The van der Waals surface area contributed by atoms with Gasteiger partial charge in [-0.05, 0) is 41.6 Å². The SMILES string of the molecule is Oc1[nH]c2ccccc2c1/C=c1\ccc2c(c1)N=NC=2/C=C/c1cnccn1. The second-order valence-electron chi connectivity index (χ2n) is 6.40. The van der Waals surface area contributed by atoms with Crippen LogP contribution in [0.4, 0.5) is 5.69 Å². The van der Waals surface area contributed by atoms with Crippen LogP contribution in [0.2, 0.25) is 0 Å². The Bertz CT molecular complexity index is 1370. The molecular weight excluding hydrogens is 350 g/mol. The van der Waals surface area contributed by atoms with E-state index in [-0.39, 0.29) is 5.88 Å². The number of nitrogens with one attached hydrogen (secondary N) is 1. The molecule has 3 heterocycles. The number of hydrogen-bond donors (Lipinski definition) is 2. The summed E-state index contributed by atoms with van der Waals surface area (Å²) in [5.74, 6) is 0.155. The predicted octanol–water partition coefficient (Wildman–Crippen LogP) is 3.41. The van der Waals surface area contributed by atoms with Crippen molar-refractivity contribution in [2.24, 2.45) is 10.2 Å². The third-order valence-electron chi connectivity index (χ3n) is 4.59. The topological polar surface area (TPSA) is 86.5 Å². The first kappa shape index (κ1) is 16.1. The smallest absolute Gasteiger partial charge is 0.196 e. The molecule has 6 nitrogen and oxygen atoms in total. The van der Waals surface area contributed by atoms with Crippen molar-refractivity contribution in [3.63, 3.8) is 0 Å². The zero-order chi connectivity index (χ0) is 18.9. The lowest BCUT2D eigenvalue weighted by atomic mass is 10.1. The number of aromatic nitrogens is 3. The van der Waals surface area contributed by atoms with Crippen molar-refractivity contribution in [1.82, 2.24) is 15.0 Å². The van der Waals surface area contributed by atoms with E-state index in [1.54, 1.807) is 18.6 Å². The number of azo groups is 1. The van der Waals surface area contributed by atoms with E-state index < -0.39 is 0 Å². The van der Waals surface area contributed by atoms with Crippen LogP contribution in [0.5, 0.6) is 5.88 Å². The van der Waals surface area contributed by atoms with E-state index in [4.69, 9.17) is 0 Å². The summed E-state index contributed by atoms with van der Waals surface area (Å²) in [5, 5.41) is 21.7. The Hall–Kier alpha value is -4.06. The fraction of sp³-hybridized carbons (Fsp3) is 0. The molecule has 0 unspecified atom stereocenters. The lowest BCUT2D eigenvalue weighted by molar-refractivity contribution is 0.457. The van der Waals surface area contributed by atoms with Crippen molar-refractivity contribution in [1.29, 1.82) is 0 Å². The molecule has 4 aromatic rings. The molecule has 2 aromatic carbocycles. The van der Waals surface area contributed by atoms with Crippen molar-refractivity contribution in [2.45, 2.75) is 0 Å². The highest BCUT2D eigenvalue weighted by Gasteiger charge is 2.09. The number of aromatic hydroxyl groups is 1. The molecule has 0 bridgehead atoms. The van der Waals surface area contributed by atoms with Crippen LogP contribution >= 0.6 is 0 Å². The van der Waals surface area contributed by atoms with E-state index in [2.05, 4.69) is 25.2 Å². The lowest BCUT2D eigenvalue weighted by Gasteiger charge is -1.94. The van der Waals surface area contributed by atoms with Crippen LogP contribution in [0.25, 0.3) is 28.8 Å². The highest BCUT2D eigenvalue weighted by Crippen LogP contribution is 2.27. The molecule has 0 radical (unpaired) electrons. The van der Waals surface area contributed by atoms with Gasteiger partial charge in [0.05, 0.1) is 23.3 Å². The fourth-order valence-electron chi connectivity index (χ4n) is 3.25. The standard InChI is InChI=1S/C22H15N5O/c28-22-18(16-3-1-2-4-19(16)25-22)11-14-5-7-17-20(26-27-21(17)12-14)8-6-15-13-23-9-10-24-15/h1-13,25,28H/b8-6+,14-11+. The fourth-order valence-corrected chi connectivity index (χ4v) is 3.25. The summed E-state index contributed by atoms with van der Waals surface area (Å²) < 4.78 is 0. The van der Waals surface area contributed by atoms with Gasteiger partial charge in [-0.3, -0.25) is 9.97 Å². The van der Waals surface area contributed by atoms with Gasteiger partial charge in [0, 0.05) is 34.1 Å². The van der Waals surface area contributed by atoms with E-state index >= 15 is 0 Å². The molecule has 0 saturated carbocycles. The van der Waals surface area contributed by atoms with Gasteiger partial charge < -0.3 is 10.1 Å². The third-order valence-corrected chi connectivity index (χ3v) is 4.59. The highest BCUT2D eigenvalue weighted by atomic mass is 16.3. The monoisotopic (exact) mass is 365 g/mol. The van der Waals surface area contributed by atoms with Gasteiger partial charge in [-0.25, -0.2) is 0 Å². The normalized spacial score (nSPS) is 13.7. The van der Waals surface area contributed by atoms with Crippen molar-refractivity contribution in [2.75, 3.05) is 0 Å². The Balaban J connectivity index is 1.56. The number of benzene rings is 2. The van der Waals surface area contributed by atoms with E-state index in [9.17, 15) is 5.11 Å². The van der Waals surface area contributed by atoms with Crippen LogP contribution in [-0.2, 0) is 0 Å². The number of nitrogens with zero attached hydrogens (tertiary/aromatic N) is 4. The molecule has 0 atom stereocenters. The first-order chi connectivity index (χ1) is 13.8. The maximum absolute atomic E-state index is 10.3. The molecule has 1 aliphatic rings. The molecule has 0 spiro atoms. The second kappa shape index (κ2) is 6.59. The zero-order valence-corrected chi connectivity index (χ0v) is 14.7. The Morgan fingerprint density at radius 3 is 2.79 bits per heavy atom. The Morgan fingerprint density at radius 2 is 1.89 bits per heavy atom. The summed E-state index contributed by atoms with van der Waals surface area (Å²) in [7, 11) is 0. The summed E-state index contributed by atoms with van der Waals surface area (Å²) in [6, 6.07) is 13.7. The molecule has 0 saturated heterocycles. The van der Waals surface area contributed by atoms with Crippen LogP contribution in [0.3, 0.4) is 0 Å². The van der Waals surface area contributed by atoms with Gasteiger partial charge in [0.15, 0.2) is 5.88 Å². The summed E-state index contributed by atoms with van der Waals surface area (Å²) in [6.07, 6.45) is 10.7. The molecule has 134 valence electrons. The van der Waals surface area contributed by atoms with Crippen LogP contribution in [0, 0.1) is 0 Å². The molecule has 1 aliphatic heterocycles. The molecule has 0 fully saturated rings. The van der Waals surface area contributed by atoms with Crippen molar-refractivity contribution in [3.8, 4) is 5.88 Å². The van der Waals surface area contributed by atoms with Gasteiger partial charge in [0.25, 0.3) is 0 Å².